The fraction of sp³-hybridized carbons (Fsp3) is 0. The summed E-state index contributed by atoms with van der Waals surface area (Å²) < 4.78 is 0. The van der Waals surface area contributed by atoms with Crippen LogP contribution in [-0.2, 0) is 0 Å². The maximum atomic E-state index is 5.05. The predicted octanol–water partition coefficient (Wildman–Crippen LogP) is 2.29. The smallest absolute Gasteiger partial charge is 0.0122 e. The van der Waals surface area contributed by atoms with Crippen molar-refractivity contribution < 1.29 is 0 Å². The molecule has 0 nitrogen and oxygen atoms in total. The van der Waals surface area contributed by atoms with E-state index in [0.29, 0.717) is 0 Å². The molecule has 0 heteroatoms. The Labute approximate surface area is 55.1 Å². The molecule has 0 aliphatic rings. The van der Waals surface area contributed by atoms with Gasteiger partial charge in [-0.05, 0) is 18.2 Å². The first kappa shape index (κ1) is 5.87. The Morgan fingerprint density at radius 2 is 1.89 bits per heavy atom. The van der Waals surface area contributed by atoms with Crippen molar-refractivity contribution in [2.75, 3.05) is 0 Å². The SMILES string of the molecule is [CH]=C=Cc1ccccc1. The average molecular weight is 115 g/mol. The largest absolute Gasteiger partial charge is 0.120 e. The van der Waals surface area contributed by atoms with Gasteiger partial charge in [0.25, 0.3) is 0 Å². The van der Waals surface area contributed by atoms with Crippen LogP contribution in [0.25, 0.3) is 6.08 Å². The first-order valence-electron chi connectivity index (χ1n) is 2.78. The quantitative estimate of drug-likeness (QED) is 0.492. The van der Waals surface area contributed by atoms with E-state index in [1.54, 1.807) is 6.08 Å². The van der Waals surface area contributed by atoms with Crippen molar-refractivity contribution in [2.24, 2.45) is 0 Å². The van der Waals surface area contributed by atoms with Crippen molar-refractivity contribution in [3.8, 4) is 0 Å². The summed E-state index contributed by atoms with van der Waals surface area (Å²) in [5.41, 5.74) is 3.54. The fourth-order valence-electron chi connectivity index (χ4n) is 0.645. The van der Waals surface area contributed by atoms with E-state index in [-0.39, 0.29) is 0 Å². The van der Waals surface area contributed by atoms with E-state index in [2.05, 4.69) is 5.73 Å². The number of hydrogen-bond acceptors (Lipinski definition) is 0. The Bertz CT molecular complexity index is 215. The summed E-state index contributed by atoms with van der Waals surface area (Å²) in [5.74, 6) is 0. The molecule has 0 amide bonds. The zero-order valence-corrected chi connectivity index (χ0v) is 5.04. The van der Waals surface area contributed by atoms with E-state index in [4.69, 9.17) is 6.58 Å². The van der Waals surface area contributed by atoms with Gasteiger partial charge in [0.05, 0.1) is 0 Å². The van der Waals surface area contributed by atoms with E-state index in [9.17, 15) is 0 Å². The molecule has 0 saturated carbocycles. The highest BCUT2D eigenvalue weighted by Crippen LogP contribution is 1.98. The average Bonchev–Trinajstić information content (AvgIpc) is 1.91. The molecule has 0 atom stereocenters. The monoisotopic (exact) mass is 115 g/mol. The van der Waals surface area contributed by atoms with Crippen molar-refractivity contribution in [1.29, 1.82) is 0 Å². The second-order valence-electron chi connectivity index (χ2n) is 1.72. The van der Waals surface area contributed by atoms with E-state index in [1.807, 2.05) is 30.3 Å². The molecule has 0 N–H and O–H groups in total. The highest BCUT2D eigenvalue weighted by atomic mass is 13.8. The van der Waals surface area contributed by atoms with Gasteiger partial charge in [-0.2, -0.15) is 0 Å². The van der Waals surface area contributed by atoms with Crippen LogP contribution in [0, 0.1) is 6.58 Å². The molecule has 0 aliphatic heterocycles. The van der Waals surface area contributed by atoms with Crippen molar-refractivity contribution in [1.82, 2.24) is 0 Å². The summed E-state index contributed by atoms with van der Waals surface area (Å²) in [7, 11) is 0. The number of rotatable bonds is 1. The highest BCUT2D eigenvalue weighted by Gasteiger charge is 1.77. The lowest BCUT2D eigenvalue weighted by atomic mass is 10.2. The molecule has 0 fully saturated rings. The van der Waals surface area contributed by atoms with Crippen LogP contribution in [0.15, 0.2) is 36.1 Å². The maximum absolute atomic E-state index is 5.05. The molecule has 43 valence electrons. The maximum Gasteiger partial charge on any atom is -0.0122 e. The molecule has 0 unspecified atom stereocenters. The van der Waals surface area contributed by atoms with Crippen molar-refractivity contribution >= 4 is 6.08 Å². The molecule has 0 spiro atoms. The first-order valence-corrected chi connectivity index (χ1v) is 2.78. The van der Waals surface area contributed by atoms with Gasteiger partial charge in [0.1, 0.15) is 0 Å². The topological polar surface area (TPSA) is 0 Å². The standard InChI is InChI=1S/C9H7/c1-2-6-9-7-4-3-5-8-9/h1,3-8H. The Hall–Kier alpha value is -1.26. The molecular formula is C9H7. The van der Waals surface area contributed by atoms with E-state index in [0.717, 1.165) is 5.56 Å². The third kappa shape index (κ3) is 1.60. The lowest BCUT2D eigenvalue weighted by Crippen LogP contribution is -1.64. The van der Waals surface area contributed by atoms with Crippen molar-refractivity contribution in [3.05, 3.63) is 48.2 Å². The van der Waals surface area contributed by atoms with Crippen molar-refractivity contribution in [3.63, 3.8) is 0 Å². The van der Waals surface area contributed by atoms with Gasteiger partial charge in [0, 0.05) is 0 Å². The highest BCUT2D eigenvalue weighted by molar-refractivity contribution is 5.47. The van der Waals surface area contributed by atoms with Crippen LogP contribution in [0.5, 0.6) is 0 Å². The summed E-state index contributed by atoms with van der Waals surface area (Å²) in [6.07, 6.45) is 1.74. The Balaban J connectivity index is 2.97. The minimum Gasteiger partial charge on any atom is -0.120 e. The van der Waals surface area contributed by atoms with Gasteiger partial charge in [-0.25, -0.2) is 0 Å². The molecule has 0 aliphatic carbocycles. The molecule has 0 bridgehead atoms. The van der Waals surface area contributed by atoms with Gasteiger partial charge in [-0.15, -0.1) is 5.73 Å². The van der Waals surface area contributed by atoms with Crippen LogP contribution in [0.4, 0.5) is 0 Å². The molecule has 0 aromatic heterocycles. The third-order valence-electron chi connectivity index (χ3n) is 1.05. The first-order chi connectivity index (χ1) is 4.43. The van der Waals surface area contributed by atoms with E-state index >= 15 is 0 Å². The molecule has 1 rings (SSSR count). The molecule has 0 heterocycles. The zero-order valence-electron chi connectivity index (χ0n) is 5.04. The van der Waals surface area contributed by atoms with Gasteiger partial charge in [-0.1, -0.05) is 30.3 Å². The fourth-order valence-corrected chi connectivity index (χ4v) is 0.645. The minimum atomic E-state index is 1.08. The van der Waals surface area contributed by atoms with Crippen LogP contribution in [0.3, 0.4) is 0 Å². The second kappa shape index (κ2) is 2.91. The number of hydrogen-bond donors (Lipinski definition) is 0. The van der Waals surface area contributed by atoms with Crippen LogP contribution in [-0.4, -0.2) is 0 Å². The lowest BCUT2D eigenvalue weighted by Gasteiger charge is -1.85. The zero-order chi connectivity index (χ0) is 6.53. The summed E-state index contributed by atoms with van der Waals surface area (Å²) in [4.78, 5) is 0. The summed E-state index contributed by atoms with van der Waals surface area (Å²) in [6, 6.07) is 9.83. The second-order valence-corrected chi connectivity index (χ2v) is 1.72. The molecule has 1 aromatic carbocycles. The predicted molar refractivity (Wildman–Crippen MR) is 38.7 cm³/mol. The molecular weight excluding hydrogens is 108 g/mol. The molecule has 0 saturated heterocycles. The Morgan fingerprint density at radius 3 is 2.44 bits per heavy atom. The molecule has 1 aromatic rings. The van der Waals surface area contributed by atoms with Crippen LogP contribution in [0.1, 0.15) is 5.56 Å². The summed E-state index contributed by atoms with van der Waals surface area (Å²) >= 11 is 0. The van der Waals surface area contributed by atoms with Crippen LogP contribution in [0.2, 0.25) is 0 Å². The Kier molecular flexibility index (Phi) is 1.90. The molecule has 1 radical (unpaired) electrons. The van der Waals surface area contributed by atoms with Gasteiger partial charge in [0.15, 0.2) is 0 Å². The number of benzene rings is 1. The van der Waals surface area contributed by atoms with Crippen molar-refractivity contribution in [2.45, 2.75) is 0 Å². The van der Waals surface area contributed by atoms with Gasteiger partial charge in [-0.3, -0.25) is 0 Å². The summed E-state index contributed by atoms with van der Waals surface area (Å²) in [6.45, 7) is 5.05. The minimum absolute atomic E-state index is 1.08. The molecule has 9 heavy (non-hydrogen) atoms. The summed E-state index contributed by atoms with van der Waals surface area (Å²) in [5, 5.41) is 0. The van der Waals surface area contributed by atoms with Gasteiger partial charge < -0.3 is 0 Å². The van der Waals surface area contributed by atoms with E-state index in [1.165, 1.54) is 0 Å². The van der Waals surface area contributed by atoms with Crippen LogP contribution >= 0.6 is 0 Å². The van der Waals surface area contributed by atoms with Crippen LogP contribution < -0.4 is 0 Å². The normalized spacial score (nSPS) is 8.00. The van der Waals surface area contributed by atoms with Gasteiger partial charge >= 0.3 is 0 Å². The van der Waals surface area contributed by atoms with E-state index < -0.39 is 0 Å². The lowest BCUT2D eigenvalue weighted by molar-refractivity contribution is 1.66. The Morgan fingerprint density at radius 1 is 1.22 bits per heavy atom. The third-order valence-corrected chi connectivity index (χ3v) is 1.05. The van der Waals surface area contributed by atoms with Gasteiger partial charge in [0.2, 0.25) is 0 Å².